The normalized spacial score (nSPS) is 19.0. The SMILES string of the molecule is CC(C)c1ccc([C@@H](CC(F)(F)F)N2CCNCC2)cc1. The Morgan fingerprint density at radius 3 is 2.05 bits per heavy atom. The zero-order valence-electron chi connectivity index (χ0n) is 12.6. The van der Waals surface area contributed by atoms with Crippen LogP contribution in [-0.4, -0.2) is 37.3 Å². The zero-order chi connectivity index (χ0) is 15.5. The highest BCUT2D eigenvalue weighted by molar-refractivity contribution is 5.27. The molecule has 0 saturated carbocycles. The molecule has 1 N–H and O–H groups in total. The summed E-state index contributed by atoms with van der Waals surface area (Å²) in [5.41, 5.74) is 1.92. The molecule has 21 heavy (non-hydrogen) atoms. The number of hydrogen-bond donors (Lipinski definition) is 1. The molecule has 118 valence electrons. The number of rotatable bonds is 4. The number of piperazine rings is 1. The predicted octanol–water partition coefficient (Wildman–Crippen LogP) is 3.71. The molecule has 5 heteroatoms. The van der Waals surface area contributed by atoms with E-state index in [1.54, 1.807) is 0 Å². The van der Waals surface area contributed by atoms with Crippen molar-refractivity contribution in [3.8, 4) is 0 Å². The molecule has 1 saturated heterocycles. The Balaban J connectivity index is 2.20. The Kier molecular flexibility index (Phi) is 5.27. The molecule has 0 aliphatic carbocycles. The van der Waals surface area contributed by atoms with Crippen LogP contribution in [0.1, 0.15) is 43.4 Å². The first-order valence-electron chi connectivity index (χ1n) is 7.48. The third kappa shape index (κ3) is 4.71. The van der Waals surface area contributed by atoms with Gasteiger partial charge in [0.25, 0.3) is 0 Å². The van der Waals surface area contributed by atoms with Gasteiger partial charge in [-0.3, -0.25) is 4.90 Å². The van der Waals surface area contributed by atoms with Gasteiger partial charge in [-0.25, -0.2) is 0 Å². The Bertz CT molecular complexity index is 434. The van der Waals surface area contributed by atoms with E-state index in [0.717, 1.165) is 24.2 Å². The van der Waals surface area contributed by atoms with Crippen molar-refractivity contribution >= 4 is 0 Å². The minimum absolute atomic E-state index is 0.388. The lowest BCUT2D eigenvalue weighted by Crippen LogP contribution is -2.46. The summed E-state index contributed by atoms with van der Waals surface area (Å²) in [6.45, 7) is 6.98. The van der Waals surface area contributed by atoms with Crippen LogP contribution in [0.4, 0.5) is 13.2 Å². The summed E-state index contributed by atoms with van der Waals surface area (Å²) in [5, 5.41) is 3.19. The van der Waals surface area contributed by atoms with E-state index < -0.39 is 18.6 Å². The third-order valence-electron chi connectivity index (χ3n) is 4.01. The molecule has 1 heterocycles. The van der Waals surface area contributed by atoms with Crippen molar-refractivity contribution in [2.24, 2.45) is 0 Å². The van der Waals surface area contributed by atoms with Gasteiger partial charge in [0.05, 0.1) is 6.42 Å². The lowest BCUT2D eigenvalue weighted by Gasteiger charge is -2.35. The van der Waals surface area contributed by atoms with Crippen molar-refractivity contribution in [1.82, 2.24) is 10.2 Å². The summed E-state index contributed by atoms with van der Waals surface area (Å²) >= 11 is 0. The van der Waals surface area contributed by atoms with Crippen LogP contribution in [0, 0.1) is 0 Å². The van der Waals surface area contributed by atoms with Gasteiger partial charge < -0.3 is 5.32 Å². The van der Waals surface area contributed by atoms with E-state index in [-0.39, 0.29) is 0 Å². The molecule has 0 bridgehead atoms. The minimum Gasteiger partial charge on any atom is -0.314 e. The predicted molar refractivity (Wildman–Crippen MR) is 78.4 cm³/mol. The standard InChI is InChI=1S/C16H23F3N2/c1-12(2)13-3-5-14(6-4-13)15(11-16(17,18)19)21-9-7-20-8-10-21/h3-6,12,15,20H,7-11H2,1-2H3/t15-/m1/s1. The van der Waals surface area contributed by atoms with Gasteiger partial charge >= 0.3 is 6.18 Å². The fraction of sp³-hybridized carbons (Fsp3) is 0.625. The van der Waals surface area contributed by atoms with Gasteiger partial charge in [-0.2, -0.15) is 13.2 Å². The number of nitrogens with zero attached hydrogens (tertiary/aromatic N) is 1. The van der Waals surface area contributed by atoms with E-state index in [0.29, 0.717) is 19.0 Å². The van der Waals surface area contributed by atoms with E-state index in [1.165, 1.54) is 0 Å². The minimum atomic E-state index is -4.15. The van der Waals surface area contributed by atoms with Gasteiger partial charge in [-0.15, -0.1) is 0 Å². The second-order valence-electron chi connectivity index (χ2n) is 5.94. The van der Waals surface area contributed by atoms with Gasteiger partial charge in [-0.05, 0) is 17.0 Å². The highest BCUT2D eigenvalue weighted by atomic mass is 19.4. The van der Waals surface area contributed by atoms with E-state index in [9.17, 15) is 13.2 Å². The van der Waals surface area contributed by atoms with Crippen LogP contribution in [0.3, 0.4) is 0 Å². The van der Waals surface area contributed by atoms with Crippen molar-refractivity contribution in [1.29, 1.82) is 0 Å². The Morgan fingerprint density at radius 2 is 1.57 bits per heavy atom. The third-order valence-corrected chi connectivity index (χ3v) is 4.01. The molecular formula is C16H23F3N2. The van der Waals surface area contributed by atoms with Crippen LogP contribution in [-0.2, 0) is 0 Å². The maximum atomic E-state index is 12.9. The van der Waals surface area contributed by atoms with E-state index >= 15 is 0 Å². The summed E-state index contributed by atoms with van der Waals surface area (Å²) in [4.78, 5) is 1.94. The Hall–Kier alpha value is -1.07. The molecule has 0 aromatic heterocycles. The fourth-order valence-corrected chi connectivity index (χ4v) is 2.77. The molecule has 1 aromatic carbocycles. The van der Waals surface area contributed by atoms with Crippen molar-refractivity contribution in [3.63, 3.8) is 0 Å². The molecule has 2 nitrogen and oxygen atoms in total. The van der Waals surface area contributed by atoms with Gasteiger partial charge in [0, 0.05) is 32.2 Å². The fourth-order valence-electron chi connectivity index (χ4n) is 2.77. The first kappa shape index (κ1) is 16.3. The quantitative estimate of drug-likeness (QED) is 0.912. The molecule has 0 amide bonds. The molecule has 0 radical (unpaired) electrons. The molecule has 1 fully saturated rings. The average Bonchev–Trinajstić information content (AvgIpc) is 2.45. The largest absolute Gasteiger partial charge is 0.390 e. The maximum Gasteiger partial charge on any atom is 0.390 e. The second kappa shape index (κ2) is 6.79. The number of halogens is 3. The lowest BCUT2D eigenvalue weighted by molar-refractivity contribution is -0.148. The average molecular weight is 300 g/mol. The van der Waals surface area contributed by atoms with Crippen LogP contribution in [0.5, 0.6) is 0 Å². The monoisotopic (exact) mass is 300 g/mol. The summed E-state index contributed by atoms with van der Waals surface area (Å²) in [6, 6.07) is 7.03. The van der Waals surface area contributed by atoms with Crippen molar-refractivity contribution in [2.45, 2.75) is 38.4 Å². The van der Waals surface area contributed by atoms with Crippen LogP contribution in [0.15, 0.2) is 24.3 Å². The highest BCUT2D eigenvalue weighted by Gasteiger charge is 2.35. The molecule has 0 unspecified atom stereocenters. The Labute approximate surface area is 124 Å². The van der Waals surface area contributed by atoms with Crippen molar-refractivity contribution < 1.29 is 13.2 Å². The zero-order valence-corrected chi connectivity index (χ0v) is 12.6. The van der Waals surface area contributed by atoms with Crippen LogP contribution in [0.2, 0.25) is 0 Å². The topological polar surface area (TPSA) is 15.3 Å². The van der Waals surface area contributed by atoms with E-state index in [1.807, 2.05) is 29.2 Å². The number of benzene rings is 1. The smallest absolute Gasteiger partial charge is 0.314 e. The summed E-state index contributed by atoms with van der Waals surface area (Å²) in [7, 11) is 0. The maximum absolute atomic E-state index is 12.9. The van der Waals surface area contributed by atoms with Gasteiger partial charge in [0.15, 0.2) is 0 Å². The van der Waals surface area contributed by atoms with Crippen molar-refractivity contribution in [3.05, 3.63) is 35.4 Å². The Morgan fingerprint density at radius 1 is 1.05 bits per heavy atom. The van der Waals surface area contributed by atoms with Crippen molar-refractivity contribution in [2.75, 3.05) is 26.2 Å². The van der Waals surface area contributed by atoms with E-state index in [2.05, 4.69) is 19.2 Å². The van der Waals surface area contributed by atoms with Gasteiger partial charge in [-0.1, -0.05) is 38.1 Å². The van der Waals surface area contributed by atoms with Gasteiger partial charge in [0.1, 0.15) is 0 Å². The summed E-state index contributed by atoms with van der Waals surface area (Å²) < 4.78 is 38.7. The molecular weight excluding hydrogens is 277 g/mol. The number of nitrogens with one attached hydrogen (secondary N) is 1. The number of alkyl halides is 3. The number of hydrogen-bond acceptors (Lipinski definition) is 2. The second-order valence-corrected chi connectivity index (χ2v) is 5.94. The molecule has 1 atom stereocenters. The molecule has 1 aromatic rings. The van der Waals surface area contributed by atoms with Crippen LogP contribution < -0.4 is 5.32 Å². The highest BCUT2D eigenvalue weighted by Crippen LogP contribution is 2.34. The van der Waals surface area contributed by atoms with E-state index in [4.69, 9.17) is 0 Å². The molecule has 1 aliphatic rings. The van der Waals surface area contributed by atoms with Crippen LogP contribution >= 0.6 is 0 Å². The molecule has 0 spiro atoms. The lowest BCUT2D eigenvalue weighted by atomic mass is 9.96. The molecule has 2 rings (SSSR count). The van der Waals surface area contributed by atoms with Crippen LogP contribution in [0.25, 0.3) is 0 Å². The summed E-state index contributed by atoms with van der Waals surface area (Å²) in [6.07, 6.45) is -4.93. The van der Waals surface area contributed by atoms with Gasteiger partial charge in [0.2, 0.25) is 0 Å². The summed E-state index contributed by atoms with van der Waals surface area (Å²) in [5.74, 6) is 0.388. The first-order valence-corrected chi connectivity index (χ1v) is 7.48. The first-order chi connectivity index (χ1) is 9.87. The molecule has 1 aliphatic heterocycles.